The fourth-order valence-corrected chi connectivity index (χ4v) is 2.14. The molecule has 1 amide bonds. The van der Waals surface area contributed by atoms with Crippen LogP contribution in [0.15, 0.2) is 55.1 Å². The van der Waals surface area contributed by atoms with Gasteiger partial charge >= 0.3 is 6.18 Å². The lowest BCUT2D eigenvalue weighted by Crippen LogP contribution is -2.19. The number of aromatic nitrogens is 4. The molecule has 3 aromatic heterocycles. The maximum absolute atomic E-state index is 12.2. The molecular formula is C17H14F3N5O2. The molecule has 27 heavy (non-hydrogen) atoms. The Morgan fingerprint density at radius 3 is 2.59 bits per heavy atom. The van der Waals surface area contributed by atoms with Crippen molar-refractivity contribution >= 4 is 11.7 Å². The highest BCUT2D eigenvalue weighted by molar-refractivity contribution is 6.03. The van der Waals surface area contributed by atoms with Crippen molar-refractivity contribution in [3.8, 4) is 5.88 Å². The molecule has 0 saturated carbocycles. The van der Waals surface area contributed by atoms with Gasteiger partial charge in [0, 0.05) is 36.9 Å². The number of carbonyl (C=O) groups excluding carboxylic acids is 1. The Morgan fingerprint density at radius 1 is 1.15 bits per heavy atom. The molecule has 7 nitrogen and oxygen atoms in total. The number of halogens is 3. The summed E-state index contributed by atoms with van der Waals surface area (Å²) in [5.74, 6) is -0.365. The van der Waals surface area contributed by atoms with Gasteiger partial charge in [0.1, 0.15) is 0 Å². The van der Waals surface area contributed by atoms with Crippen LogP contribution in [0.1, 0.15) is 15.9 Å². The van der Waals surface area contributed by atoms with Crippen molar-refractivity contribution < 1.29 is 22.7 Å². The highest BCUT2D eigenvalue weighted by Crippen LogP contribution is 2.17. The van der Waals surface area contributed by atoms with E-state index in [0.717, 1.165) is 11.8 Å². The topological polar surface area (TPSA) is 81.9 Å². The van der Waals surface area contributed by atoms with Gasteiger partial charge in [0.2, 0.25) is 5.88 Å². The number of anilines is 1. The fraction of sp³-hybridized carbons (Fsp3) is 0.176. The number of rotatable bonds is 6. The van der Waals surface area contributed by atoms with Gasteiger partial charge in [-0.25, -0.2) is 4.98 Å². The molecule has 3 rings (SSSR count). The number of alkyl halides is 3. The molecule has 0 saturated heterocycles. The van der Waals surface area contributed by atoms with Gasteiger partial charge in [0.05, 0.1) is 12.1 Å². The second-order valence-corrected chi connectivity index (χ2v) is 5.50. The standard InChI is InChI=1S/C17H14F3N5O2/c18-17(19,20)11-27-15-2-1-13(9-22-15)16(26)23-14-5-8-25(24-14)10-12-3-6-21-7-4-12/h1-9H,10-11H2,(H,23,24,26). The molecule has 3 heterocycles. The fourth-order valence-electron chi connectivity index (χ4n) is 2.14. The Labute approximate surface area is 151 Å². The molecule has 0 radical (unpaired) electrons. The molecule has 3 aromatic rings. The third kappa shape index (κ3) is 5.53. The van der Waals surface area contributed by atoms with Crippen molar-refractivity contribution in [2.75, 3.05) is 11.9 Å². The van der Waals surface area contributed by atoms with Crippen molar-refractivity contribution in [3.63, 3.8) is 0 Å². The van der Waals surface area contributed by atoms with Crippen LogP contribution in [-0.2, 0) is 6.54 Å². The monoisotopic (exact) mass is 377 g/mol. The summed E-state index contributed by atoms with van der Waals surface area (Å²) < 4.78 is 42.5. The second kappa shape index (κ2) is 7.85. The Kier molecular flexibility index (Phi) is 5.34. The Hall–Kier alpha value is -3.43. The number of amides is 1. The molecule has 0 aliphatic carbocycles. The average molecular weight is 377 g/mol. The molecule has 0 fully saturated rings. The largest absolute Gasteiger partial charge is 0.468 e. The lowest BCUT2D eigenvalue weighted by molar-refractivity contribution is -0.154. The van der Waals surface area contributed by atoms with E-state index in [0.29, 0.717) is 12.4 Å². The quantitative estimate of drug-likeness (QED) is 0.714. The van der Waals surface area contributed by atoms with Crippen molar-refractivity contribution in [2.45, 2.75) is 12.7 Å². The molecule has 10 heteroatoms. The van der Waals surface area contributed by atoms with E-state index in [1.165, 1.54) is 12.1 Å². The predicted octanol–water partition coefficient (Wildman–Crippen LogP) is 2.91. The number of hydrogen-bond donors (Lipinski definition) is 1. The van der Waals surface area contributed by atoms with Gasteiger partial charge in [-0.2, -0.15) is 18.3 Å². The zero-order valence-electron chi connectivity index (χ0n) is 13.8. The predicted molar refractivity (Wildman–Crippen MR) is 89.3 cm³/mol. The van der Waals surface area contributed by atoms with E-state index in [-0.39, 0.29) is 11.4 Å². The van der Waals surface area contributed by atoms with E-state index in [2.05, 4.69) is 25.1 Å². The van der Waals surface area contributed by atoms with E-state index >= 15 is 0 Å². The number of nitrogens with zero attached hydrogens (tertiary/aromatic N) is 4. The summed E-state index contributed by atoms with van der Waals surface area (Å²) in [4.78, 5) is 19.8. The number of hydrogen-bond acceptors (Lipinski definition) is 5. The van der Waals surface area contributed by atoms with Gasteiger partial charge in [-0.15, -0.1) is 0 Å². The van der Waals surface area contributed by atoms with Crippen LogP contribution in [0.2, 0.25) is 0 Å². The number of carbonyl (C=O) groups is 1. The zero-order chi connectivity index (χ0) is 19.3. The third-order valence-electron chi connectivity index (χ3n) is 3.36. The van der Waals surface area contributed by atoms with Gasteiger partial charge < -0.3 is 10.1 Å². The summed E-state index contributed by atoms with van der Waals surface area (Å²) in [5, 5.41) is 6.84. The van der Waals surface area contributed by atoms with Gasteiger partial charge in [-0.3, -0.25) is 14.5 Å². The SMILES string of the molecule is O=C(Nc1ccn(Cc2ccncc2)n1)c1ccc(OCC(F)(F)F)nc1. The Bertz CT molecular complexity index is 895. The van der Waals surface area contributed by atoms with E-state index in [4.69, 9.17) is 0 Å². The van der Waals surface area contributed by atoms with Crippen molar-refractivity contribution in [3.05, 3.63) is 66.2 Å². The molecule has 0 bridgehead atoms. The first-order chi connectivity index (χ1) is 12.9. The first-order valence-corrected chi connectivity index (χ1v) is 7.78. The van der Waals surface area contributed by atoms with Crippen LogP contribution in [0.5, 0.6) is 5.88 Å². The lowest BCUT2D eigenvalue weighted by Gasteiger charge is -2.08. The number of ether oxygens (including phenoxy) is 1. The van der Waals surface area contributed by atoms with Crippen LogP contribution >= 0.6 is 0 Å². The van der Waals surface area contributed by atoms with Crippen molar-refractivity contribution in [1.29, 1.82) is 0 Å². The van der Waals surface area contributed by atoms with Crippen molar-refractivity contribution in [1.82, 2.24) is 19.7 Å². The first kappa shape index (κ1) is 18.4. The molecular weight excluding hydrogens is 363 g/mol. The minimum Gasteiger partial charge on any atom is -0.468 e. The first-order valence-electron chi connectivity index (χ1n) is 7.78. The van der Waals surface area contributed by atoms with Crippen LogP contribution < -0.4 is 10.1 Å². The van der Waals surface area contributed by atoms with E-state index in [1.54, 1.807) is 29.3 Å². The molecule has 140 valence electrons. The molecule has 0 aliphatic rings. The second-order valence-electron chi connectivity index (χ2n) is 5.50. The minimum absolute atomic E-state index is 0.165. The smallest absolute Gasteiger partial charge is 0.422 e. The van der Waals surface area contributed by atoms with Gasteiger partial charge in [-0.1, -0.05) is 0 Å². The van der Waals surface area contributed by atoms with Gasteiger partial charge in [0.15, 0.2) is 12.4 Å². The summed E-state index contributed by atoms with van der Waals surface area (Å²) in [7, 11) is 0. The molecule has 0 aromatic carbocycles. The average Bonchev–Trinajstić information content (AvgIpc) is 3.07. The van der Waals surface area contributed by atoms with Crippen LogP contribution in [0.25, 0.3) is 0 Å². The van der Waals surface area contributed by atoms with Crippen LogP contribution in [0, 0.1) is 0 Å². The third-order valence-corrected chi connectivity index (χ3v) is 3.36. The normalized spacial score (nSPS) is 11.2. The summed E-state index contributed by atoms with van der Waals surface area (Å²) in [6.45, 7) is -0.925. The Balaban J connectivity index is 1.57. The van der Waals surface area contributed by atoms with Crippen molar-refractivity contribution in [2.24, 2.45) is 0 Å². The summed E-state index contributed by atoms with van der Waals surface area (Å²) >= 11 is 0. The molecule has 1 N–H and O–H groups in total. The van der Waals surface area contributed by atoms with E-state index in [9.17, 15) is 18.0 Å². The molecule has 0 spiro atoms. The van der Waals surface area contributed by atoms with Crippen LogP contribution in [0.4, 0.5) is 19.0 Å². The maximum atomic E-state index is 12.2. The highest BCUT2D eigenvalue weighted by Gasteiger charge is 2.28. The molecule has 0 aliphatic heterocycles. The van der Waals surface area contributed by atoms with Crippen LogP contribution in [0.3, 0.4) is 0 Å². The number of nitrogens with one attached hydrogen (secondary N) is 1. The molecule has 0 atom stereocenters. The minimum atomic E-state index is -4.45. The summed E-state index contributed by atoms with van der Waals surface area (Å²) in [6.07, 6.45) is 1.75. The summed E-state index contributed by atoms with van der Waals surface area (Å²) in [6, 6.07) is 7.86. The summed E-state index contributed by atoms with van der Waals surface area (Å²) in [5.41, 5.74) is 1.17. The maximum Gasteiger partial charge on any atom is 0.422 e. The Morgan fingerprint density at radius 2 is 1.93 bits per heavy atom. The van der Waals surface area contributed by atoms with E-state index in [1.807, 2.05) is 12.1 Å². The van der Waals surface area contributed by atoms with E-state index < -0.39 is 18.7 Å². The van der Waals surface area contributed by atoms with Gasteiger partial charge in [0.25, 0.3) is 5.91 Å². The molecule has 0 unspecified atom stereocenters. The zero-order valence-corrected chi connectivity index (χ0v) is 13.8. The van der Waals surface area contributed by atoms with Gasteiger partial charge in [-0.05, 0) is 23.8 Å². The highest BCUT2D eigenvalue weighted by atomic mass is 19.4. The number of pyridine rings is 2. The lowest BCUT2D eigenvalue weighted by atomic mass is 10.2. The van der Waals surface area contributed by atoms with Crippen LogP contribution in [-0.4, -0.2) is 38.4 Å².